The van der Waals surface area contributed by atoms with Crippen LogP contribution in [-0.4, -0.2) is 18.1 Å². The van der Waals surface area contributed by atoms with Crippen LogP contribution in [0.3, 0.4) is 0 Å². The Bertz CT molecular complexity index is 218. The maximum atomic E-state index is 5.59. The molecule has 3 nitrogen and oxygen atoms in total. The molecule has 3 N–H and O–H groups in total. The van der Waals surface area contributed by atoms with Crippen LogP contribution in [0.1, 0.15) is 13.8 Å². The van der Waals surface area contributed by atoms with Crippen LogP contribution in [0.15, 0.2) is 11.6 Å². The van der Waals surface area contributed by atoms with E-state index in [1.165, 1.54) is 0 Å². The Kier molecular flexibility index (Phi) is 3.05. The third-order valence-corrected chi connectivity index (χ3v) is 2.43. The molecule has 0 spiro atoms. The number of rotatable bonds is 4. The van der Waals surface area contributed by atoms with Gasteiger partial charge in [0.05, 0.1) is 0 Å². The minimum atomic E-state index is 0.145. The first-order valence-electron chi connectivity index (χ1n) is 3.97. The number of aromatic nitrogens is 1. The molecule has 0 aliphatic carbocycles. The largest absolute Gasteiger partial charge is 0.361 e. The smallest absolute Gasteiger partial charge is 0.182 e. The Morgan fingerprint density at radius 1 is 1.67 bits per heavy atom. The molecule has 0 bridgehead atoms. The van der Waals surface area contributed by atoms with Crippen molar-refractivity contribution >= 4 is 16.5 Å². The molecule has 1 heterocycles. The average molecular weight is 185 g/mol. The SMILES string of the molecule is CC(C)(CN)CNc1nccs1. The summed E-state index contributed by atoms with van der Waals surface area (Å²) in [6, 6.07) is 0. The Balaban J connectivity index is 2.36. The molecule has 0 amide bonds. The highest BCUT2D eigenvalue weighted by molar-refractivity contribution is 7.13. The molecule has 1 aromatic heterocycles. The number of nitrogens with two attached hydrogens (primary N) is 1. The van der Waals surface area contributed by atoms with Crippen LogP contribution in [0.5, 0.6) is 0 Å². The van der Waals surface area contributed by atoms with E-state index in [9.17, 15) is 0 Å². The van der Waals surface area contributed by atoms with E-state index in [-0.39, 0.29) is 5.41 Å². The second-order valence-electron chi connectivity index (χ2n) is 3.56. The second kappa shape index (κ2) is 3.87. The molecule has 68 valence electrons. The molecule has 4 heteroatoms. The number of nitrogens with zero attached hydrogens (tertiary/aromatic N) is 1. The van der Waals surface area contributed by atoms with Crippen LogP contribution >= 0.6 is 11.3 Å². The first-order valence-corrected chi connectivity index (χ1v) is 4.85. The van der Waals surface area contributed by atoms with Crippen molar-refractivity contribution in [1.29, 1.82) is 0 Å². The molecule has 0 aromatic carbocycles. The van der Waals surface area contributed by atoms with Crippen molar-refractivity contribution in [1.82, 2.24) is 4.98 Å². The lowest BCUT2D eigenvalue weighted by Gasteiger charge is -2.22. The molecule has 0 saturated heterocycles. The van der Waals surface area contributed by atoms with Gasteiger partial charge in [-0.25, -0.2) is 4.98 Å². The Labute approximate surface area is 77.0 Å². The maximum Gasteiger partial charge on any atom is 0.182 e. The number of thiazole rings is 1. The van der Waals surface area contributed by atoms with Crippen molar-refractivity contribution in [3.63, 3.8) is 0 Å². The summed E-state index contributed by atoms with van der Waals surface area (Å²) < 4.78 is 0. The van der Waals surface area contributed by atoms with Gasteiger partial charge in [0.1, 0.15) is 0 Å². The maximum absolute atomic E-state index is 5.59. The van der Waals surface area contributed by atoms with Crippen molar-refractivity contribution in [2.75, 3.05) is 18.4 Å². The summed E-state index contributed by atoms with van der Waals surface area (Å²) in [4.78, 5) is 4.12. The standard InChI is InChI=1S/C8H15N3S/c1-8(2,5-9)6-11-7-10-3-4-12-7/h3-4H,5-6,9H2,1-2H3,(H,10,11). The molecule has 1 aromatic rings. The first kappa shape index (κ1) is 9.48. The van der Waals surface area contributed by atoms with Crippen LogP contribution in [-0.2, 0) is 0 Å². The third kappa shape index (κ3) is 2.79. The van der Waals surface area contributed by atoms with Gasteiger partial charge in [0, 0.05) is 18.1 Å². The fourth-order valence-electron chi connectivity index (χ4n) is 0.698. The Hall–Kier alpha value is -0.610. The average Bonchev–Trinajstić information content (AvgIpc) is 2.53. The topological polar surface area (TPSA) is 50.9 Å². The summed E-state index contributed by atoms with van der Waals surface area (Å²) >= 11 is 1.61. The molecule has 1 rings (SSSR count). The van der Waals surface area contributed by atoms with Crippen molar-refractivity contribution in [2.45, 2.75) is 13.8 Å². The number of hydrogen-bond acceptors (Lipinski definition) is 4. The van der Waals surface area contributed by atoms with Crippen LogP contribution in [0.4, 0.5) is 5.13 Å². The lowest BCUT2D eigenvalue weighted by molar-refractivity contribution is 0.405. The normalized spacial score (nSPS) is 11.6. The first-order chi connectivity index (χ1) is 5.64. The zero-order valence-corrected chi connectivity index (χ0v) is 8.32. The molecule has 0 aliphatic heterocycles. The number of anilines is 1. The number of nitrogens with one attached hydrogen (secondary N) is 1. The van der Waals surface area contributed by atoms with E-state index in [4.69, 9.17) is 5.73 Å². The van der Waals surface area contributed by atoms with Crippen LogP contribution in [0, 0.1) is 5.41 Å². The van der Waals surface area contributed by atoms with Crippen LogP contribution in [0.25, 0.3) is 0 Å². The summed E-state index contributed by atoms with van der Waals surface area (Å²) in [5, 5.41) is 6.17. The molecule has 0 radical (unpaired) electrons. The third-order valence-electron chi connectivity index (χ3n) is 1.70. The lowest BCUT2D eigenvalue weighted by atomic mass is 9.94. The highest BCUT2D eigenvalue weighted by atomic mass is 32.1. The van der Waals surface area contributed by atoms with Gasteiger partial charge in [-0.05, 0) is 12.0 Å². The predicted molar refractivity (Wildman–Crippen MR) is 53.4 cm³/mol. The van der Waals surface area contributed by atoms with Crippen molar-refractivity contribution in [2.24, 2.45) is 11.1 Å². The Morgan fingerprint density at radius 3 is 2.92 bits per heavy atom. The van der Waals surface area contributed by atoms with Gasteiger partial charge in [0.25, 0.3) is 0 Å². The van der Waals surface area contributed by atoms with Gasteiger partial charge < -0.3 is 11.1 Å². The summed E-state index contributed by atoms with van der Waals surface area (Å²) in [6.07, 6.45) is 1.79. The zero-order valence-electron chi connectivity index (χ0n) is 7.50. The van der Waals surface area contributed by atoms with Gasteiger partial charge in [0.15, 0.2) is 5.13 Å². The molecular weight excluding hydrogens is 170 g/mol. The fraction of sp³-hybridized carbons (Fsp3) is 0.625. The van der Waals surface area contributed by atoms with Gasteiger partial charge in [-0.3, -0.25) is 0 Å². The molecule has 0 fully saturated rings. The van der Waals surface area contributed by atoms with E-state index in [1.54, 1.807) is 17.5 Å². The monoisotopic (exact) mass is 185 g/mol. The van der Waals surface area contributed by atoms with Crippen molar-refractivity contribution in [3.8, 4) is 0 Å². The predicted octanol–water partition coefficient (Wildman–Crippen LogP) is 1.54. The van der Waals surface area contributed by atoms with Crippen molar-refractivity contribution < 1.29 is 0 Å². The quantitative estimate of drug-likeness (QED) is 0.748. The Morgan fingerprint density at radius 2 is 2.42 bits per heavy atom. The second-order valence-corrected chi connectivity index (χ2v) is 4.45. The number of hydrogen-bond donors (Lipinski definition) is 2. The van der Waals surface area contributed by atoms with E-state index >= 15 is 0 Å². The zero-order chi connectivity index (χ0) is 9.03. The van der Waals surface area contributed by atoms with Gasteiger partial charge in [-0.15, -0.1) is 11.3 Å². The van der Waals surface area contributed by atoms with Crippen LogP contribution in [0.2, 0.25) is 0 Å². The minimum Gasteiger partial charge on any atom is -0.361 e. The lowest BCUT2D eigenvalue weighted by Crippen LogP contribution is -2.31. The summed E-state index contributed by atoms with van der Waals surface area (Å²) in [6.45, 7) is 5.82. The van der Waals surface area contributed by atoms with Gasteiger partial charge >= 0.3 is 0 Å². The molecule has 12 heavy (non-hydrogen) atoms. The molecule has 0 saturated carbocycles. The van der Waals surface area contributed by atoms with E-state index in [2.05, 4.69) is 24.1 Å². The fourth-order valence-corrected chi connectivity index (χ4v) is 1.23. The molecular formula is C8H15N3S. The van der Waals surface area contributed by atoms with Gasteiger partial charge in [-0.2, -0.15) is 0 Å². The van der Waals surface area contributed by atoms with Gasteiger partial charge in [0.2, 0.25) is 0 Å². The highest BCUT2D eigenvalue weighted by Gasteiger charge is 2.14. The minimum absolute atomic E-state index is 0.145. The highest BCUT2D eigenvalue weighted by Crippen LogP contribution is 2.16. The molecule has 0 unspecified atom stereocenters. The van der Waals surface area contributed by atoms with E-state index in [1.807, 2.05) is 5.38 Å². The molecule has 0 aliphatic rings. The van der Waals surface area contributed by atoms with Crippen LogP contribution < -0.4 is 11.1 Å². The van der Waals surface area contributed by atoms with E-state index in [0.717, 1.165) is 11.7 Å². The summed E-state index contributed by atoms with van der Waals surface area (Å²) in [7, 11) is 0. The van der Waals surface area contributed by atoms with E-state index in [0.29, 0.717) is 6.54 Å². The summed E-state index contributed by atoms with van der Waals surface area (Å²) in [5.41, 5.74) is 5.73. The van der Waals surface area contributed by atoms with Gasteiger partial charge in [-0.1, -0.05) is 13.8 Å². The summed E-state index contributed by atoms with van der Waals surface area (Å²) in [5.74, 6) is 0. The molecule has 0 atom stereocenters. The van der Waals surface area contributed by atoms with E-state index < -0.39 is 0 Å². The van der Waals surface area contributed by atoms with Crippen molar-refractivity contribution in [3.05, 3.63) is 11.6 Å².